The second-order valence-electron chi connectivity index (χ2n) is 14.0. The quantitative estimate of drug-likeness (QED) is 0.136. The van der Waals surface area contributed by atoms with E-state index in [0.29, 0.717) is 0 Å². The van der Waals surface area contributed by atoms with Crippen LogP contribution in [-0.4, -0.2) is 4.57 Å². The summed E-state index contributed by atoms with van der Waals surface area (Å²) >= 11 is 0. The summed E-state index contributed by atoms with van der Waals surface area (Å²) in [5.41, 5.74) is 10.4. The van der Waals surface area contributed by atoms with Gasteiger partial charge in [-0.25, -0.2) is 0 Å². The molecule has 0 aliphatic heterocycles. The van der Waals surface area contributed by atoms with Crippen molar-refractivity contribution in [3.63, 3.8) is 0 Å². The average molecular weight is 660 g/mol. The van der Waals surface area contributed by atoms with E-state index in [4.69, 9.17) is 4.42 Å². The highest BCUT2D eigenvalue weighted by molar-refractivity contribution is 6.30. The fraction of sp³-hybridized carbons (Fsp3) is 0. The zero-order valence-corrected chi connectivity index (χ0v) is 28.1. The van der Waals surface area contributed by atoms with Crippen LogP contribution in [0, 0.1) is 0 Å². The van der Waals surface area contributed by atoms with Gasteiger partial charge in [-0.15, -0.1) is 0 Å². The smallest absolute Gasteiger partial charge is 0.136 e. The van der Waals surface area contributed by atoms with Gasteiger partial charge in [-0.2, -0.15) is 0 Å². The van der Waals surface area contributed by atoms with Gasteiger partial charge in [-0.1, -0.05) is 133 Å². The largest absolute Gasteiger partial charge is 0.456 e. The Morgan fingerprint density at radius 1 is 0.327 bits per heavy atom. The van der Waals surface area contributed by atoms with Crippen LogP contribution >= 0.6 is 0 Å². The molecule has 0 atom stereocenters. The van der Waals surface area contributed by atoms with Gasteiger partial charge in [0.1, 0.15) is 11.2 Å². The third-order valence-corrected chi connectivity index (χ3v) is 11.3. The van der Waals surface area contributed by atoms with Gasteiger partial charge >= 0.3 is 0 Å². The molecule has 0 aliphatic rings. The molecule has 12 aromatic rings. The van der Waals surface area contributed by atoms with E-state index in [2.05, 4.69) is 180 Å². The summed E-state index contributed by atoms with van der Waals surface area (Å²) in [6.07, 6.45) is 0. The Balaban J connectivity index is 1.22. The lowest BCUT2D eigenvalue weighted by molar-refractivity contribution is 0.669. The maximum absolute atomic E-state index is 6.39. The second kappa shape index (κ2) is 10.3. The van der Waals surface area contributed by atoms with Crippen LogP contribution in [0.15, 0.2) is 180 Å². The van der Waals surface area contributed by atoms with Gasteiger partial charge in [0, 0.05) is 27.1 Å². The number of benzene rings is 10. The molecule has 2 heterocycles. The maximum Gasteiger partial charge on any atom is 0.136 e. The number of rotatable bonds is 3. The minimum Gasteiger partial charge on any atom is -0.456 e. The van der Waals surface area contributed by atoms with E-state index < -0.39 is 0 Å². The van der Waals surface area contributed by atoms with Crippen LogP contribution in [0.25, 0.3) is 115 Å². The standard InChI is InChI=1S/C50H29NO/c1-2-14-31-29-44-40(27-30(31)13-1)33-16-7-9-23-42(33)51(44)43-24-10-8-21-39(43)48-34-17-3-5-19-36(34)49(37-20-6-4-18-35(37)48)41-28-32-15-11-25-45-47(32)50-38(41)22-12-26-46(50)52-45/h1-29H. The first kappa shape index (κ1) is 27.9. The topological polar surface area (TPSA) is 18.1 Å². The van der Waals surface area contributed by atoms with Gasteiger partial charge in [0.15, 0.2) is 0 Å². The summed E-state index contributed by atoms with van der Waals surface area (Å²) in [4.78, 5) is 0. The molecule has 0 saturated carbocycles. The van der Waals surface area contributed by atoms with Crippen LogP contribution < -0.4 is 0 Å². The zero-order valence-electron chi connectivity index (χ0n) is 28.1. The Kier molecular flexibility index (Phi) is 5.53. The zero-order chi connectivity index (χ0) is 33.9. The molecule has 0 bridgehead atoms. The van der Waals surface area contributed by atoms with Crippen molar-refractivity contribution >= 4 is 86.8 Å². The summed E-state index contributed by atoms with van der Waals surface area (Å²) in [5, 5.41) is 14.8. The Morgan fingerprint density at radius 2 is 0.865 bits per heavy atom. The maximum atomic E-state index is 6.39. The molecule has 0 radical (unpaired) electrons. The first-order valence-corrected chi connectivity index (χ1v) is 17.9. The van der Waals surface area contributed by atoms with Crippen molar-refractivity contribution in [3.05, 3.63) is 176 Å². The summed E-state index contributed by atoms with van der Waals surface area (Å²) in [5.74, 6) is 0. The van der Waals surface area contributed by atoms with Gasteiger partial charge in [0.25, 0.3) is 0 Å². The molecule has 0 spiro atoms. The molecule has 2 aromatic heterocycles. The van der Waals surface area contributed by atoms with Crippen LogP contribution in [-0.2, 0) is 0 Å². The predicted octanol–water partition coefficient (Wildman–Crippen LogP) is 14.1. The lowest BCUT2D eigenvalue weighted by Gasteiger charge is -2.21. The van der Waals surface area contributed by atoms with Crippen LogP contribution in [0.5, 0.6) is 0 Å². The minimum absolute atomic E-state index is 0.934. The van der Waals surface area contributed by atoms with Gasteiger partial charge in [0.05, 0.1) is 16.7 Å². The molecule has 0 unspecified atom stereocenters. The van der Waals surface area contributed by atoms with Crippen molar-refractivity contribution in [2.24, 2.45) is 0 Å². The Bertz CT molecular complexity index is 3360. The van der Waals surface area contributed by atoms with Crippen molar-refractivity contribution in [2.45, 2.75) is 0 Å². The number of hydrogen-bond donors (Lipinski definition) is 0. The third kappa shape index (κ3) is 3.68. The number of hydrogen-bond acceptors (Lipinski definition) is 1. The highest BCUT2D eigenvalue weighted by Crippen LogP contribution is 2.49. The van der Waals surface area contributed by atoms with Gasteiger partial charge in [-0.05, 0) is 102 Å². The summed E-state index contributed by atoms with van der Waals surface area (Å²) in [6.45, 7) is 0. The first-order chi connectivity index (χ1) is 25.8. The first-order valence-electron chi connectivity index (χ1n) is 17.9. The van der Waals surface area contributed by atoms with Crippen LogP contribution in [0.4, 0.5) is 0 Å². The van der Waals surface area contributed by atoms with Crippen molar-refractivity contribution in [1.29, 1.82) is 0 Å². The fourth-order valence-corrected chi connectivity index (χ4v) is 9.18. The minimum atomic E-state index is 0.934. The van der Waals surface area contributed by atoms with E-state index in [1.54, 1.807) is 0 Å². The van der Waals surface area contributed by atoms with Gasteiger partial charge in [-0.3, -0.25) is 0 Å². The van der Waals surface area contributed by atoms with Gasteiger partial charge in [0.2, 0.25) is 0 Å². The number of furan rings is 1. The van der Waals surface area contributed by atoms with E-state index >= 15 is 0 Å². The molecule has 240 valence electrons. The molecule has 2 nitrogen and oxygen atoms in total. The van der Waals surface area contributed by atoms with Crippen molar-refractivity contribution in [2.75, 3.05) is 0 Å². The SMILES string of the molecule is c1ccc(-n2c3ccccc3c3cc4ccccc4cc32)c(-c2c3ccccc3c(-c3cc4cccc5oc6cccc3c6c45)c3ccccc23)c1. The molecule has 2 heteroatoms. The van der Waals surface area contributed by atoms with Crippen molar-refractivity contribution in [1.82, 2.24) is 4.57 Å². The van der Waals surface area contributed by atoms with Crippen LogP contribution in [0.1, 0.15) is 0 Å². The van der Waals surface area contributed by atoms with Crippen LogP contribution in [0.2, 0.25) is 0 Å². The Labute approximate surface area is 298 Å². The van der Waals surface area contributed by atoms with E-state index in [9.17, 15) is 0 Å². The molecule has 0 saturated heterocycles. The fourth-order valence-electron chi connectivity index (χ4n) is 9.18. The molecule has 12 rings (SSSR count). The van der Waals surface area contributed by atoms with Crippen LogP contribution in [0.3, 0.4) is 0 Å². The molecule has 52 heavy (non-hydrogen) atoms. The molecule has 0 N–H and O–H groups in total. The Morgan fingerprint density at radius 3 is 1.62 bits per heavy atom. The summed E-state index contributed by atoms with van der Waals surface area (Å²) < 4.78 is 8.87. The highest BCUT2D eigenvalue weighted by atomic mass is 16.3. The summed E-state index contributed by atoms with van der Waals surface area (Å²) in [6, 6.07) is 64.4. The molecule has 0 amide bonds. The average Bonchev–Trinajstić information content (AvgIpc) is 3.74. The van der Waals surface area contributed by atoms with E-state index in [1.807, 2.05) is 0 Å². The monoisotopic (exact) mass is 659 g/mol. The van der Waals surface area contributed by atoms with Crippen molar-refractivity contribution in [3.8, 4) is 27.9 Å². The van der Waals surface area contributed by atoms with E-state index in [-0.39, 0.29) is 0 Å². The normalized spacial score (nSPS) is 12.2. The number of fused-ring (bicyclic) bond motifs is 6. The molecular formula is C50H29NO. The summed E-state index contributed by atoms with van der Waals surface area (Å²) in [7, 11) is 0. The number of para-hydroxylation sites is 2. The van der Waals surface area contributed by atoms with Gasteiger partial charge < -0.3 is 8.98 Å². The molecule has 0 aliphatic carbocycles. The van der Waals surface area contributed by atoms with E-state index in [0.717, 1.165) is 11.2 Å². The Hall–Kier alpha value is -6.90. The number of aromatic nitrogens is 1. The third-order valence-electron chi connectivity index (χ3n) is 11.3. The van der Waals surface area contributed by atoms with E-state index in [1.165, 1.54) is 104 Å². The molecule has 0 fully saturated rings. The lowest BCUT2D eigenvalue weighted by Crippen LogP contribution is -1.99. The second-order valence-corrected chi connectivity index (χ2v) is 14.0. The number of nitrogens with zero attached hydrogens (tertiary/aromatic N) is 1. The molecule has 10 aromatic carbocycles. The highest BCUT2D eigenvalue weighted by Gasteiger charge is 2.23. The lowest BCUT2D eigenvalue weighted by atomic mass is 9.83. The molecular weight excluding hydrogens is 631 g/mol. The predicted molar refractivity (Wildman–Crippen MR) is 220 cm³/mol. The van der Waals surface area contributed by atoms with Crippen molar-refractivity contribution < 1.29 is 4.42 Å².